The third kappa shape index (κ3) is 9.52. The minimum absolute atomic E-state index is 0.109. The molecule has 14 heavy (non-hydrogen) atoms. The summed E-state index contributed by atoms with van der Waals surface area (Å²) in [5, 5.41) is 15.7. The lowest BCUT2D eigenvalue weighted by molar-refractivity contribution is -0.142. The van der Waals surface area contributed by atoms with E-state index in [1.54, 1.807) is 0 Å². The zero-order chi connectivity index (χ0) is 11.4. The van der Waals surface area contributed by atoms with E-state index in [0.717, 1.165) is 26.4 Å². The predicted octanol–water partition coefficient (Wildman–Crippen LogP) is 2.68. The molecule has 0 rings (SSSR count). The predicted molar refractivity (Wildman–Crippen MR) is 58.3 cm³/mol. The van der Waals surface area contributed by atoms with Crippen molar-refractivity contribution in [1.29, 1.82) is 0 Å². The molecule has 3 heteroatoms. The van der Waals surface area contributed by atoms with E-state index in [1.165, 1.54) is 19.3 Å². The van der Waals surface area contributed by atoms with Crippen molar-refractivity contribution in [2.24, 2.45) is 5.92 Å². The van der Waals surface area contributed by atoms with E-state index in [2.05, 4.69) is 6.92 Å². The van der Waals surface area contributed by atoms with Gasteiger partial charge in [0.25, 0.3) is 0 Å². The Kier molecular flexibility index (Phi) is 14.1. The van der Waals surface area contributed by atoms with E-state index in [0.29, 0.717) is 0 Å². The average molecular weight is 204 g/mol. The van der Waals surface area contributed by atoms with Gasteiger partial charge in [0.1, 0.15) is 0 Å². The van der Waals surface area contributed by atoms with Crippen molar-refractivity contribution in [3.05, 3.63) is 0 Å². The average Bonchev–Trinajstić information content (AvgIpc) is 2.20. The molecule has 0 aromatic carbocycles. The molecule has 3 nitrogen and oxygen atoms in total. The summed E-state index contributed by atoms with van der Waals surface area (Å²) < 4.78 is 0. The molecule has 0 saturated heterocycles. The van der Waals surface area contributed by atoms with Crippen LogP contribution < -0.4 is 0 Å². The van der Waals surface area contributed by atoms with Crippen molar-refractivity contribution in [2.75, 3.05) is 7.11 Å². The van der Waals surface area contributed by atoms with Gasteiger partial charge in [-0.05, 0) is 12.8 Å². The lowest BCUT2D eigenvalue weighted by Gasteiger charge is -2.08. The fraction of sp³-hybridized carbons (Fsp3) is 0.909. The number of carboxylic acids is 1. The zero-order valence-electron chi connectivity index (χ0n) is 9.62. The summed E-state index contributed by atoms with van der Waals surface area (Å²) in [5.41, 5.74) is 0. The summed E-state index contributed by atoms with van der Waals surface area (Å²) in [7, 11) is 1.00. The van der Waals surface area contributed by atoms with E-state index in [-0.39, 0.29) is 5.92 Å². The zero-order valence-corrected chi connectivity index (χ0v) is 9.62. The molecule has 0 aromatic rings. The molecule has 0 bridgehead atoms. The molecule has 0 fully saturated rings. The molecule has 1 unspecified atom stereocenters. The molecule has 0 amide bonds. The van der Waals surface area contributed by atoms with Gasteiger partial charge in [0, 0.05) is 7.11 Å². The van der Waals surface area contributed by atoms with Gasteiger partial charge in [-0.15, -0.1) is 0 Å². The number of aliphatic carboxylic acids is 1. The van der Waals surface area contributed by atoms with Crippen LogP contribution in [0.15, 0.2) is 0 Å². The number of carboxylic acid groups (broad SMARTS) is 1. The van der Waals surface area contributed by atoms with Gasteiger partial charge in [0.15, 0.2) is 0 Å². The molecule has 2 N–H and O–H groups in total. The summed E-state index contributed by atoms with van der Waals surface area (Å²) in [6.07, 6.45) is 6.31. The van der Waals surface area contributed by atoms with Gasteiger partial charge in [-0.25, -0.2) is 0 Å². The fourth-order valence-electron chi connectivity index (χ4n) is 1.32. The van der Waals surface area contributed by atoms with Crippen LogP contribution in [0, 0.1) is 5.92 Å². The standard InChI is InChI=1S/C10H20O2.CH4O/c1-3-5-6-7-8-9(4-2)10(11)12;1-2/h9H,3-8H2,1-2H3,(H,11,12);2H,1H3. The number of carbonyl (C=O) groups is 1. The van der Waals surface area contributed by atoms with Crippen LogP contribution in [-0.2, 0) is 4.79 Å². The Labute approximate surface area is 87.1 Å². The van der Waals surface area contributed by atoms with Gasteiger partial charge in [0.05, 0.1) is 5.92 Å². The first kappa shape index (κ1) is 15.9. The maximum Gasteiger partial charge on any atom is 0.306 e. The topological polar surface area (TPSA) is 57.5 Å². The second-order valence-corrected chi connectivity index (χ2v) is 3.29. The Morgan fingerprint density at radius 1 is 1.14 bits per heavy atom. The first-order chi connectivity index (χ1) is 6.72. The minimum Gasteiger partial charge on any atom is -0.481 e. The first-order valence-corrected chi connectivity index (χ1v) is 5.39. The van der Waals surface area contributed by atoms with Crippen LogP contribution >= 0.6 is 0 Å². The molecule has 0 aromatic heterocycles. The Hall–Kier alpha value is -0.570. The normalized spacial score (nSPS) is 11.4. The van der Waals surface area contributed by atoms with Crippen molar-refractivity contribution in [3.63, 3.8) is 0 Å². The van der Waals surface area contributed by atoms with Crippen LogP contribution in [0.25, 0.3) is 0 Å². The molecular weight excluding hydrogens is 180 g/mol. The van der Waals surface area contributed by atoms with E-state index in [4.69, 9.17) is 10.2 Å². The van der Waals surface area contributed by atoms with E-state index in [1.807, 2.05) is 6.92 Å². The maximum absolute atomic E-state index is 10.6. The van der Waals surface area contributed by atoms with Crippen LogP contribution in [0.3, 0.4) is 0 Å². The lowest BCUT2D eigenvalue weighted by Crippen LogP contribution is -2.12. The molecule has 0 radical (unpaired) electrons. The van der Waals surface area contributed by atoms with E-state index < -0.39 is 5.97 Å². The minimum atomic E-state index is -0.631. The van der Waals surface area contributed by atoms with Gasteiger partial charge in [-0.2, -0.15) is 0 Å². The molecule has 0 aliphatic rings. The van der Waals surface area contributed by atoms with Crippen molar-refractivity contribution >= 4 is 5.97 Å². The van der Waals surface area contributed by atoms with Crippen LogP contribution in [0.4, 0.5) is 0 Å². The fourth-order valence-corrected chi connectivity index (χ4v) is 1.32. The van der Waals surface area contributed by atoms with E-state index in [9.17, 15) is 4.79 Å². The smallest absolute Gasteiger partial charge is 0.306 e. The molecule has 1 atom stereocenters. The molecule has 86 valence electrons. The highest BCUT2D eigenvalue weighted by molar-refractivity contribution is 5.69. The molecule has 0 aliphatic heterocycles. The monoisotopic (exact) mass is 204 g/mol. The van der Waals surface area contributed by atoms with E-state index >= 15 is 0 Å². The van der Waals surface area contributed by atoms with Gasteiger partial charge in [0.2, 0.25) is 0 Å². The second kappa shape index (κ2) is 12.4. The van der Waals surface area contributed by atoms with Gasteiger partial charge < -0.3 is 10.2 Å². The number of hydrogen-bond donors (Lipinski definition) is 2. The Morgan fingerprint density at radius 2 is 1.71 bits per heavy atom. The maximum atomic E-state index is 10.6. The highest BCUT2D eigenvalue weighted by Crippen LogP contribution is 2.13. The van der Waals surface area contributed by atoms with Crippen LogP contribution in [0.1, 0.15) is 52.4 Å². The molecule has 0 spiro atoms. The number of unbranched alkanes of at least 4 members (excludes halogenated alkanes) is 3. The quantitative estimate of drug-likeness (QED) is 0.627. The first-order valence-electron chi connectivity index (χ1n) is 5.39. The van der Waals surface area contributed by atoms with Crippen LogP contribution in [-0.4, -0.2) is 23.3 Å². The highest BCUT2D eigenvalue weighted by Gasteiger charge is 2.13. The van der Waals surface area contributed by atoms with Gasteiger partial charge in [-0.3, -0.25) is 4.79 Å². The van der Waals surface area contributed by atoms with Crippen molar-refractivity contribution in [3.8, 4) is 0 Å². The highest BCUT2D eigenvalue weighted by atomic mass is 16.4. The van der Waals surface area contributed by atoms with Crippen molar-refractivity contribution in [1.82, 2.24) is 0 Å². The third-order valence-corrected chi connectivity index (χ3v) is 2.25. The largest absolute Gasteiger partial charge is 0.481 e. The lowest BCUT2D eigenvalue weighted by atomic mass is 9.99. The molecule has 0 saturated carbocycles. The van der Waals surface area contributed by atoms with Crippen molar-refractivity contribution in [2.45, 2.75) is 52.4 Å². The summed E-state index contributed by atoms with van der Waals surface area (Å²) in [6.45, 7) is 4.10. The van der Waals surface area contributed by atoms with Crippen molar-refractivity contribution < 1.29 is 15.0 Å². The van der Waals surface area contributed by atoms with Gasteiger partial charge >= 0.3 is 5.97 Å². The number of rotatable bonds is 7. The second-order valence-electron chi connectivity index (χ2n) is 3.29. The summed E-state index contributed by atoms with van der Waals surface area (Å²) in [5.74, 6) is -0.740. The number of aliphatic hydroxyl groups is 1. The van der Waals surface area contributed by atoms with Crippen LogP contribution in [0.5, 0.6) is 0 Å². The molecular formula is C11H24O3. The molecule has 0 heterocycles. The third-order valence-electron chi connectivity index (χ3n) is 2.25. The SMILES string of the molecule is CCCCCCC(CC)C(=O)O.CO. The molecule has 0 aliphatic carbocycles. The Bertz CT molecular complexity index is 124. The van der Waals surface area contributed by atoms with Gasteiger partial charge in [-0.1, -0.05) is 39.5 Å². The number of aliphatic hydroxyl groups excluding tert-OH is 1. The summed E-state index contributed by atoms with van der Waals surface area (Å²) in [4.78, 5) is 10.6. The Morgan fingerprint density at radius 3 is 2.07 bits per heavy atom. The van der Waals surface area contributed by atoms with Crippen LogP contribution in [0.2, 0.25) is 0 Å². The number of hydrogen-bond acceptors (Lipinski definition) is 2. The summed E-state index contributed by atoms with van der Waals surface area (Å²) in [6, 6.07) is 0. The Balaban J connectivity index is 0. The summed E-state index contributed by atoms with van der Waals surface area (Å²) >= 11 is 0.